The number of hydrogen-bond acceptors (Lipinski definition) is 3. The zero-order valence-corrected chi connectivity index (χ0v) is 8.63. The van der Waals surface area contributed by atoms with Crippen LogP contribution in [0.5, 0.6) is 0 Å². The minimum atomic E-state index is -5.89. The molecular formula is C8H8F5N3O. The van der Waals surface area contributed by atoms with Crippen LogP contribution in [0.1, 0.15) is 12.7 Å². The highest BCUT2D eigenvalue weighted by Crippen LogP contribution is 2.36. The highest BCUT2D eigenvalue weighted by atomic mass is 19.4. The summed E-state index contributed by atoms with van der Waals surface area (Å²) in [5.41, 5.74) is 0. The van der Waals surface area contributed by atoms with Crippen molar-refractivity contribution in [2.24, 2.45) is 0 Å². The molecular weight excluding hydrogens is 249 g/mol. The fourth-order valence-corrected chi connectivity index (χ4v) is 1.10. The zero-order valence-electron chi connectivity index (χ0n) is 8.63. The summed E-state index contributed by atoms with van der Waals surface area (Å²) in [7, 11) is 0. The van der Waals surface area contributed by atoms with Gasteiger partial charge in [0.25, 0.3) is 0 Å². The van der Waals surface area contributed by atoms with E-state index in [2.05, 4.69) is 10.1 Å². The standard InChI is InChI=1S/C8H8F5N3O/c1-2-16-6(14-4-15-16)3-5(17)7(9,10)8(11,12)13/h4H,2-3H2,1H3. The minimum absolute atomic E-state index is 0.221. The van der Waals surface area contributed by atoms with Crippen LogP contribution >= 0.6 is 0 Å². The van der Waals surface area contributed by atoms with Crippen LogP contribution in [0.3, 0.4) is 0 Å². The van der Waals surface area contributed by atoms with Gasteiger partial charge in [-0.05, 0) is 6.92 Å². The Bertz CT molecular complexity index is 412. The molecule has 0 amide bonds. The van der Waals surface area contributed by atoms with Crippen molar-refractivity contribution in [3.05, 3.63) is 12.2 Å². The van der Waals surface area contributed by atoms with Gasteiger partial charge in [-0.3, -0.25) is 4.79 Å². The molecule has 1 rings (SSSR count). The summed E-state index contributed by atoms with van der Waals surface area (Å²) in [5.74, 6) is -7.83. The molecule has 0 aliphatic carbocycles. The molecule has 17 heavy (non-hydrogen) atoms. The number of aryl methyl sites for hydroxylation is 1. The second-order valence-corrected chi connectivity index (χ2v) is 3.16. The Morgan fingerprint density at radius 3 is 2.41 bits per heavy atom. The Balaban J connectivity index is 2.87. The summed E-state index contributed by atoms with van der Waals surface area (Å²) in [6.45, 7) is 1.81. The highest BCUT2D eigenvalue weighted by molar-refractivity contribution is 5.87. The molecule has 0 aliphatic rings. The summed E-state index contributed by atoms with van der Waals surface area (Å²) < 4.78 is 62.0. The molecule has 0 bridgehead atoms. The van der Waals surface area contributed by atoms with E-state index in [4.69, 9.17) is 0 Å². The van der Waals surface area contributed by atoms with E-state index >= 15 is 0 Å². The number of halogens is 5. The van der Waals surface area contributed by atoms with E-state index in [9.17, 15) is 26.7 Å². The Kier molecular flexibility index (Phi) is 3.48. The molecule has 9 heteroatoms. The van der Waals surface area contributed by atoms with Crippen LogP contribution in [0.25, 0.3) is 0 Å². The van der Waals surface area contributed by atoms with Crippen molar-refractivity contribution >= 4 is 5.78 Å². The third-order valence-electron chi connectivity index (χ3n) is 2.02. The third kappa shape index (κ3) is 2.59. The second kappa shape index (κ2) is 4.38. The SMILES string of the molecule is CCn1ncnc1CC(=O)C(F)(F)C(F)(F)F. The molecule has 1 aromatic heterocycles. The van der Waals surface area contributed by atoms with Gasteiger partial charge in [0.2, 0.25) is 5.78 Å². The summed E-state index contributed by atoms with van der Waals surface area (Å²) in [6.07, 6.45) is -6.01. The molecule has 0 unspecified atom stereocenters. The van der Waals surface area contributed by atoms with E-state index in [1.165, 1.54) is 0 Å². The molecule has 96 valence electrons. The van der Waals surface area contributed by atoms with Crippen LogP contribution in [0.2, 0.25) is 0 Å². The van der Waals surface area contributed by atoms with Crippen molar-refractivity contribution in [3.63, 3.8) is 0 Å². The lowest BCUT2D eigenvalue weighted by molar-refractivity contribution is -0.268. The van der Waals surface area contributed by atoms with Crippen molar-refractivity contribution < 1.29 is 26.7 Å². The summed E-state index contributed by atoms with van der Waals surface area (Å²) >= 11 is 0. The maximum absolute atomic E-state index is 12.6. The van der Waals surface area contributed by atoms with Crippen LogP contribution in [-0.4, -0.2) is 32.6 Å². The maximum Gasteiger partial charge on any atom is 0.461 e. The van der Waals surface area contributed by atoms with Gasteiger partial charge in [0.15, 0.2) is 0 Å². The van der Waals surface area contributed by atoms with Crippen LogP contribution < -0.4 is 0 Å². The van der Waals surface area contributed by atoms with Crippen LogP contribution in [0, 0.1) is 0 Å². The van der Waals surface area contributed by atoms with Crippen molar-refractivity contribution in [2.75, 3.05) is 0 Å². The van der Waals surface area contributed by atoms with E-state index in [-0.39, 0.29) is 12.4 Å². The lowest BCUT2D eigenvalue weighted by Crippen LogP contribution is -2.45. The Morgan fingerprint density at radius 1 is 1.35 bits per heavy atom. The summed E-state index contributed by atoms with van der Waals surface area (Å²) in [4.78, 5) is 14.3. The van der Waals surface area contributed by atoms with E-state index in [1.54, 1.807) is 6.92 Å². The molecule has 1 aromatic rings. The van der Waals surface area contributed by atoms with E-state index < -0.39 is 24.3 Å². The molecule has 0 fully saturated rings. The molecule has 0 N–H and O–H groups in total. The lowest BCUT2D eigenvalue weighted by Gasteiger charge is -2.17. The zero-order chi connectivity index (χ0) is 13.3. The largest absolute Gasteiger partial charge is 0.461 e. The van der Waals surface area contributed by atoms with Crippen molar-refractivity contribution in [3.8, 4) is 0 Å². The molecule has 0 spiro atoms. The predicted molar refractivity (Wildman–Crippen MR) is 45.4 cm³/mol. The number of hydrogen-bond donors (Lipinski definition) is 0. The van der Waals surface area contributed by atoms with Gasteiger partial charge in [-0.2, -0.15) is 27.1 Å². The first-order valence-corrected chi connectivity index (χ1v) is 4.54. The number of carbonyl (C=O) groups is 1. The van der Waals surface area contributed by atoms with Crippen molar-refractivity contribution in [1.82, 2.24) is 14.8 Å². The molecule has 0 saturated heterocycles. The minimum Gasteiger partial charge on any atom is -0.292 e. The van der Waals surface area contributed by atoms with Gasteiger partial charge in [-0.1, -0.05) is 0 Å². The van der Waals surface area contributed by atoms with Gasteiger partial charge >= 0.3 is 12.1 Å². The van der Waals surface area contributed by atoms with Gasteiger partial charge in [-0.15, -0.1) is 0 Å². The smallest absolute Gasteiger partial charge is 0.292 e. The summed E-state index contributed by atoms with van der Waals surface area (Å²) in [6, 6.07) is 0. The fourth-order valence-electron chi connectivity index (χ4n) is 1.10. The first-order chi connectivity index (χ1) is 7.70. The number of nitrogens with zero attached hydrogens (tertiary/aromatic N) is 3. The monoisotopic (exact) mass is 257 g/mol. The highest BCUT2D eigenvalue weighted by Gasteiger charge is 2.62. The number of rotatable bonds is 4. The molecule has 0 radical (unpaired) electrons. The van der Waals surface area contributed by atoms with Crippen LogP contribution in [-0.2, 0) is 17.8 Å². The average Bonchev–Trinajstić information content (AvgIpc) is 2.63. The molecule has 0 atom stereocenters. The van der Waals surface area contributed by atoms with Crippen molar-refractivity contribution in [1.29, 1.82) is 0 Å². The quantitative estimate of drug-likeness (QED) is 0.770. The number of ketones is 1. The lowest BCUT2D eigenvalue weighted by atomic mass is 10.1. The molecule has 0 aromatic carbocycles. The normalized spacial score (nSPS) is 12.8. The van der Waals surface area contributed by atoms with Gasteiger partial charge in [-0.25, -0.2) is 9.67 Å². The Labute approximate surface area is 92.4 Å². The average molecular weight is 257 g/mol. The number of aromatic nitrogens is 3. The third-order valence-corrected chi connectivity index (χ3v) is 2.02. The van der Waals surface area contributed by atoms with Crippen molar-refractivity contribution in [2.45, 2.75) is 32.0 Å². The number of alkyl halides is 5. The molecule has 4 nitrogen and oxygen atoms in total. The molecule has 1 heterocycles. The Hall–Kier alpha value is -1.54. The molecule has 0 saturated carbocycles. The van der Waals surface area contributed by atoms with Crippen LogP contribution in [0.4, 0.5) is 22.0 Å². The van der Waals surface area contributed by atoms with Gasteiger partial charge in [0.1, 0.15) is 12.2 Å². The van der Waals surface area contributed by atoms with E-state index in [0.29, 0.717) is 0 Å². The number of carbonyl (C=O) groups excluding carboxylic acids is 1. The second-order valence-electron chi connectivity index (χ2n) is 3.16. The molecule has 0 aliphatic heterocycles. The topological polar surface area (TPSA) is 47.8 Å². The number of Topliss-reactive ketones (excluding diaryl/α,β-unsaturated/α-hetero) is 1. The fraction of sp³-hybridized carbons (Fsp3) is 0.625. The van der Waals surface area contributed by atoms with Crippen LogP contribution in [0.15, 0.2) is 6.33 Å². The Morgan fingerprint density at radius 2 is 1.94 bits per heavy atom. The van der Waals surface area contributed by atoms with E-state index in [1.807, 2.05) is 0 Å². The first kappa shape index (κ1) is 13.5. The van der Waals surface area contributed by atoms with Gasteiger partial charge in [0.05, 0.1) is 6.42 Å². The first-order valence-electron chi connectivity index (χ1n) is 4.54. The summed E-state index contributed by atoms with van der Waals surface area (Å²) in [5, 5.41) is 3.56. The van der Waals surface area contributed by atoms with Gasteiger partial charge < -0.3 is 0 Å². The predicted octanol–water partition coefficient (Wildman–Crippen LogP) is 1.61. The van der Waals surface area contributed by atoms with E-state index in [0.717, 1.165) is 11.0 Å². The van der Waals surface area contributed by atoms with Gasteiger partial charge in [0, 0.05) is 6.54 Å². The maximum atomic E-state index is 12.6.